The van der Waals surface area contributed by atoms with Crippen LogP contribution in [0.25, 0.3) is 0 Å². The third-order valence-corrected chi connectivity index (χ3v) is 7.65. The molecule has 0 unspecified atom stereocenters. The van der Waals surface area contributed by atoms with Gasteiger partial charge in [0.05, 0.1) is 5.75 Å². The molecule has 21 heavy (non-hydrogen) atoms. The van der Waals surface area contributed by atoms with E-state index in [-0.39, 0.29) is 11.7 Å². The Labute approximate surface area is 132 Å². The summed E-state index contributed by atoms with van der Waals surface area (Å²) in [6, 6.07) is 0. The number of carbonyl (C=O) groups is 1. The lowest BCUT2D eigenvalue weighted by molar-refractivity contribution is -0.122. The van der Waals surface area contributed by atoms with Gasteiger partial charge in [0.25, 0.3) is 0 Å². The molecule has 0 atom stereocenters. The molecule has 0 aromatic rings. The van der Waals surface area contributed by atoms with Gasteiger partial charge in [-0.2, -0.15) is 8.42 Å². The molecule has 0 aromatic carbocycles. The fourth-order valence-electron chi connectivity index (χ4n) is 2.69. The van der Waals surface area contributed by atoms with Crippen LogP contribution in [0.2, 0.25) is 0 Å². The van der Waals surface area contributed by atoms with Gasteiger partial charge in [-0.15, -0.1) is 0 Å². The fraction of sp³-hybridized carbons (Fsp3) is 0.933. The highest BCUT2D eigenvalue weighted by Gasteiger charge is 2.25. The third kappa shape index (κ3) is 7.66. The highest BCUT2D eigenvalue weighted by molar-refractivity contribution is 8.02. The first-order chi connectivity index (χ1) is 9.98. The molecule has 0 N–H and O–H groups in total. The van der Waals surface area contributed by atoms with Crippen LogP contribution in [0, 0.1) is 5.92 Å². The molecule has 6 heteroatoms. The van der Waals surface area contributed by atoms with Gasteiger partial charge in [-0.3, -0.25) is 4.79 Å². The number of Topliss-reactive ketones (excluding diaryl/α,β-unsaturated/α-hetero) is 1. The van der Waals surface area contributed by atoms with Gasteiger partial charge in [-0.25, -0.2) is 0 Å². The van der Waals surface area contributed by atoms with Crippen LogP contribution in [0.5, 0.6) is 0 Å². The van der Waals surface area contributed by atoms with Crippen LogP contribution < -0.4 is 0 Å². The van der Waals surface area contributed by atoms with Crippen LogP contribution >= 0.6 is 0 Å². The lowest BCUT2D eigenvalue weighted by atomic mass is 9.98. The Morgan fingerprint density at radius 2 is 1.71 bits per heavy atom. The number of hydrogen-bond acceptors (Lipinski definition) is 4. The van der Waals surface area contributed by atoms with E-state index in [0.29, 0.717) is 18.6 Å². The third-order valence-electron chi connectivity index (χ3n) is 3.97. The summed E-state index contributed by atoms with van der Waals surface area (Å²) in [5.41, 5.74) is 0. The molecule has 0 saturated heterocycles. The molecule has 1 aliphatic rings. The Balaban J connectivity index is 2.13. The molecule has 0 heterocycles. The smallest absolute Gasteiger partial charge is 0.299 e. The fourth-order valence-corrected chi connectivity index (χ4v) is 5.87. The Morgan fingerprint density at radius 1 is 1.10 bits per heavy atom. The van der Waals surface area contributed by atoms with Gasteiger partial charge in [0, 0.05) is 12.3 Å². The van der Waals surface area contributed by atoms with E-state index in [0.717, 1.165) is 37.2 Å². The predicted octanol–water partition coefficient (Wildman–Crippen LogP) is 3.23. The maximum Gasteiger partial charge on any atom is 0.311 e. The van der Waals surface area contributed by atoms with Gasteiger partial charge in [-0.05, 0) is 43.2 Å². The second kappa shape index (κ2) is 9.85. The van der Waals surface area contributed by atoms with Crippen molar-refractivity contribution in [2.75, 3.05) is 17.3 Å². The van der Waals surface area contributed by atoms with Gasteiger partial charge in [0.1, 0.15) is 17.3 Å². The average Bonchev–Trinajstić information content (AvgIpc) is 2.98. The molecule has 4 nitrogen and oxygen atoms in total. The first-order valence-corrected chi connectivity index (χ1v) is 11.2. The molecule has 0 spiro atoms. The minimum Gasteiger partial charge on any atom is -0.299 e. The van der Waals surface area contributed by atoms with Crippen molar-refractivity contribution >= 4 is 27.1 Å². The molecular formula is C15H29O4S2+. The summed E-state index contributed by atoms with van der Waals surface area (Å²) in [6.45, 7) is 3.88. The lowest BCUT2D eigenvalue weighted by Gasteiger charge is -2.07. The number of rotatable bonds is 11. The van der Waals surface area contributed by atoms with Gasteiger partial charge in [0.15, 0.2) is 11.2 Å². The molecule has 1 saturated carbocycles. The van der Waals surface area contributed by atoms with Crippen LogP contribution in [0.4, 0.5) is 0 Å². The molecule has 0 aliphatic heterocycles. The second-order valence-electron chi connectivity index (χ2n) is 5.61. The zero-order chi connectivity index (χ0) is 15.7. The van der Waals surface area contributed by atoms with Crippen LogP contribution in [-0.2, 0) is 29.7 Å². The van der Waals surface area contributed by atoms with Crippen molar-refractivity contribution in [3.05, 3.63) is 0 Å². The Bertz CT molecular complexity index is 396. The summed E-state index contributed by atoms with van der Waals surface area (Å²) in [4.78, 5) is 11.9. The van der Waals surface area contributed by atoms with Gasteiger partial charge >= 0.3 is 10.1 Å². The van der Waals surface area contributed by atoms with Crippen molar-refractivity contribution in [2.45, 2.75) is 65.2 Å². The molecule has 124 valence electrons. The zero-order valence-electron chi connectivity index (χ0n) is 13.3. The van der Waals surface area contributed by atoms with E-state index in [1.165, 1.54) is 12.8 Å². The second-order valence-corrected chi connectivity index (χ2v) is 9.71. The van der Waals surface area contributed by atoms with E-state index in [1.807, 2.05) is 13.8 Å². The summed E-state index contributed by atoms with van der Waals surface area (Å²) >= 11 is -0.466. The van der Waals surface area contributed by atoms with Gasteiger partial charge in [-0.1, -0.05) is 19.3 Å². The van der Waals surface area contributed by atoms with Crippen molar-refractivity contribution in [2.24, 2.45) is 5.92 Å². The van der Waals surface area contributed by atoms with Crippen LogP contribution in [0.1, 0.15) is 65.2 Å². The normalized spacial score (nSPS) is 16.7. The minimum absolute atomic E-state index is 0.0775. The summed E-state index contributed by atoms with van der Waals surface area (Å²) in [6.07, 6.45) is 7.26. The highest BCUT2D eigenvalue weighted by Crippen LogP contribution is 2.27. The van der Waals surface area contributed by atoms with Crippen molar-refractivity contribution in [1.29, 1.82) is 0 Å². The molecule has 0 bridgehead atoms. The number of unbranched alkanes of at least 4 members (excludes halogenated alkanes) is 2. The van der Waals surface area contributed by atoms with Crippen molar-refractivity contribution in [1.82, 2.24) is 0 Å². The van der Waals surface area contributed by atoms with Crippen LogP contribution in [-0.4, -0.2) is 31.5 Å². The SMILES string of the molecule is CC[S+](CC)OS(=O)(=O)CCCCCC(=O)C1CCCC1. The average molecular weight is 338 g/mol. The van der Waals surface area contributed by atoms with Gasteiger partial charge < -0.3 is 0 Å². The van der Waals surface area contributed by atoms with E-state index < -0.39 is 21.3 Å². The Morgan fingerprint density at radius 3 is 2.29 bits per heavy atom. The van der Waals surface area contributed by atoms with E-state index >= 15 is 0 Å². The lowest BCUT2D eigenvalue weighted by Crippen LogP contribution is -2.20. The van der Waals surface area contributed by atoms with E-state index in [2.05, 4.69) is 0 Å². The number of carbonyl (C=O) groups excluding carboxylic acids is 1. The standard InChI is InChI=1S/C15H29O4S2/c1-3-20(4-2)19-21(17,18)13-9-5-6-12-15(16)14-10-7-8-11-14/h14H,3-13H2,1-2H3/q+1. The summed E-state index contributed by atoms with van der Waals surface area (Å²) < 4.78 is 28.7. The highest BCUT2D eigenvalue weighted by atomic mass is 32.3. The first-order valence-electron chi connectivity index (χ1n) is 8.11. The number of ketones is 1. The van der Waals surface area contributed by atoms with Crippen molar-refractivity contribution in [3.63, 3.8) is 0 Å². The predicted molar refractivity (Wildman–Crippen MR) is 88.8 cm³/mol. The van der Waals surface area contributed by atoms with E-state index in [9.17, 15) is 13.2 Å². The van der Waals surface area contributed by atoms with Crippen LogP contribution in [0.15, 0.2) is 0 Å². The zero-order valence-corrected chi connectivity index (χ0v) is 14.9. The van der Waals surface area contributed by atoms with Crippen molar-refractivity contribution in [3.8, 4) is 0 Å². The molecule has 1 rings (SSSR count). The molecule has 1 fully saturated rings. The van der Waals surface area contributed by atoms with Gasteiger partial charge in [0.2, 0.25) is 0 Å². The topological polar surface area (TPSA) is 60.4 Å². The quantitative estimate of drug-likeness (QED) is 0.429. The van der Waals surface area contributed by atoms with Crippen LogP contribution in [0.3, 0.4) is 0 Å². The van der Waals surface area contributed by atoms with E-state index in [1.54, 1.807) is 0 Å². The van der Waals surface area contributed by atoms with Crippen molar-refractivity contribution < 1.29 is 16.8 Å². The Hall–Kier alpha value is -0.0700. The number of hydrogen-bond donors (Lipinski definition) is 0. The maximum absolute atomic E-state index is 11.9. The maximum atomic E-state index is 11.9. The summed E-state index contributed by atoms with van der Waals surface area (Å²) in [5, 5.41) is 0. The molecular weight excluding hydrogens is 308 g/mol. The monoisotopic (exact) mass is 337 g/mol. The largest absolute Gasteiger partial charge is 0.311 e. The van der Waals surface area contributed by atoms with E-state index in [4.69, 9.17) is 3.63 Å². The summed E-state index contributed by atoms with van der Waals surface area (Å²) in [5.74, 6) is 2.23. The molecule has 0 amide bonds. The first kappa shape index (κ1) is 19.0. The Kier molecular flexibility index (Phi) is 8.90. The minimum atomic E-state index is -3.39. The molecule has 0 radical (unpaired) electrons. The summed E-state index contributed by atoms with van der Waals surface area (Å²) in [7, 11) is -3.39. The molecule has 0 aromatic heterocycles. The molecule has 1 aliphatic carbocycles.